The standard InChI is InChI=1S/C13H18N2O3S/c1-5-18-11-9-15-10(6-7-14-15)8-12(11)19(16,17)13(2,3)4/h6-9H,5H2,1-4H3. The molecule has 2 heterocycles. The van der Waals surface area contributed by atoms with E-state index in [1.165, 1.54) is 0 Å². The Kier molecular flexibility index (Phi) is 3.30. The highest BCUT2D eigenvalue weighted by molar-refractivity contribution is 7.92. The number of sulfone groups is 1. The van der Waals surface area contributed by atoms with Gasteiger partial charge < -0.3 is 4.74 Å². The number of ether oxygens (including phenoxy) is 1. The summed E-state index contributed by atoms with van der Waals surface area (Å²) >= 11 is 0. The summed E-state index contributed by atoms with van der Waals surface area (Å²) in [5, 5.41) is 4.09. The summed E-state index contributed by atoms with van der Waals surface area (Å²) in [6.07, 6.45) is 3.23. The number of hydrogen-bond acceptors (Lipinski definition) is 4. The van der Waals surface area contributed by atoms with Crippen LogP contribution in [0.25, 0.3) is 5.52 Å². The molecule has 0 aromatic carbocycles. The van der Waals surface area contributed by atoms with Crippen LogP contribution in [0.4, 0.5) is 0 Å². The molecule has 5 nitrogen and oxygen atoms in total. The molecule has 0 aliphatic rings. The lowest BCUT2D eigenvalue weighted by Gasteiger charge is -2.21. The van der Waals surface area contributed by atoms with Crippen LogP contribution in [0.2, 0.25) is 0 Å². The lowest BCUT2D eigenvalue weighted by atomic mass is 10.3. The van der Waals surface area contributed by atoms with Crippen molar-refractivity contribution in [1.29, 1.82) is 0 Å². The van der Waals surface area contributed by atoms with Crippen molar-refractivity contribution in [2.45, 2.75) is 37.3 Å². The fourth-order valence-electron chi connectivity index (χ4n) is 1.73. The fraction of sp³-hybridized carbons (Fsp3) is 0.462. The van der Waals surface area contributed by atoms with Crippen molar-refractivity contribution in [2.75, 3.05) is 6.61 Å². The first kappa shape index (κ1) is 13.9. The van der Waals surface area contributed by atoms with Gasteiger partial charge in [-0.3, -0.25) is 0 Å². The molecular weight excluding hydrogens is 264 g/mol. The van der Waals surface area contributed by atoms with Crippen molar-refractivity contribution in [3.8, 4) is 5.75 Å². The zero-order chi connectivity index (χ0) is 14.3. The molecule has 0 bridgehead atoms. The predicted octanol–water partition coefficient (Wildman–Crippen LogP) is 2.31. The normalized spacial score (nSPS) is 12.8. The van der Waals surface area contributed by atoms with Crippen LogP contribution in [-0.4, -0.2) is 29.4 Å². The second kappa shape index (κ2) is 4.52. The van der Waals surface area contributed by atoms with Crippen LogP contribution in [0.1, 0.15) is 27.7 Å². The number of nitrogens with zero attached hydrogens (tertiary/aromatic N) is 2. The van der Waals surface area contributed by atoms with Crippen molar-refractivity contribution in [2.24, 2.45) is 0 Å². The molecule has 0 unspecified atom stereocenters. The highest BCUT2D eigenvalue weighted by atomic mass is 32.2. The van der Waals surface area contributed by atoms with E-state index in [2.05, 4.69) is 5.10 Å². The minimum absolute atomic E-state index is 0.217. The summed E-state index contributed by atoms with van der Waals surface area (Å²) < 4.78 is 31.4. The first-order chi connectivity index (χ1) is 8.77. The van der Waals surface area contributed by atoms with Gasteiger partial charge in [0.15, 0.2) is 15.6 Å². The summed E-state index contributed by atoms with van der Waals surface area (Å²) in [7, 11) is -3.46. The minimum Gasteiger partial charge on any atom is -0.491 e. The summed E-state index contributed by atoms with van der Waals surface area (Å²) in [6, 6.07) is 3.37. The molecule has 6 heteroatoms. The number of hydrogen-bond donors (Lipinski definition) is 0. The SMILES string of the molecule is CCOc1cn2nccc2cc1S(=O)(=O)C(C)(C)C. The topological polar surface area (TPSA) is 60.7 Å². The smallest absolute Gasteiger partial charge is 0.187 e. The lowest BCUT2D eigenvalue weighted by Crippen LogP contribution is -2.28. The summed E-state index contributed by atoms with van der Waals surface area (Å²) in [6.45, 7) is 7.26. The zero-order valence-corrected chi connectivity index (χ0v) is 12.4. The van der Waals surface area contributed by atoms with Gasteiger partial charge in [-0.25, -0.2) is 12.9 Å². The first-order valence-electron chi connectivity index (χ1n) is 6.12. The summed E-state index contributed by atoms with van der Waals surface area (Å²) in [4.78, 5) is 0.217. The van der Waals surface area contributed by atoms with Gasteiger partial charge >= 0.3 is 0 Å². The van der Waals surface area contributed by atoms with Gasteiger partial charge in [0.25, 0.3) is 0 Å². The third-order valence-corrected chi connectivity index (χ3v) is 5.37. The Morgan fingerprint density at radius 2 is 2.05 bits per heavy atom. The van der Waals surface area contributed by atoms with E-state index in [1.54, 1.807) is 49.8 Å². The largest absolute Gasteiger partial charge is 0.491 e. The van der Waals surface area contributed by atoms with E-state index in [9.17, 15) is 8.42 Å². The Morgan fingerprint density at radius 3 is 2.63 bits per heavy atom. The van der Waals surface area contributed by atoms with E-state index in [-0.39, 0.29) is 4.90 Å². The molecule has 0 fully saturated rings. The van der Waals surface area contributed by atoms with E-state index >= 15 is 0 Å². The molecule has 2 aromatic rings. The van der Waals surface area contributed by atoms with Gasteiger partial charge in [-0.15, -0.1) is 0 Å². The Bertz CT molecular complexity index is 696. The van der Waals surface area contributed by atoms with Crippen molar-refractivity contribution in [1.82, 2.24) is 9.61 Å². The van der Waals surface area contributed by atoms with Gasteiger partial charge in [-0.05, 0) is 39.8 Å². The zero-order valence-electron chi connectivity index (χ0n) is 11.5. The second-order valence-electron chi connectivity index (χ2n) is 5.25. The monoisotopic (exact) mass is 282 g/mol. The van der Waals surface area contributed by atoms with Crippen molar-refractivity contribution in [3.05, 3.63) is 24.5 Å². The third-order valence-electron chi connectivity index (χ3n) is 2.86. The lowest BCUT2D eigenvalue weighted by molar-refractivity contribution is 0.328. The Morgan fingerprint density at radius 1 is 1.37 bits per heavy atom. The highest BCUT2D eigenvalue weighted by Gasteiger charge is 2.34. The van der Waals surface area contributed by atoms with Crippen LogP contribution >= 0.6 is 0 Å². The molecule has 19 heavy (non-hydrogen) atoms. The van der Waals surface area contributed by atoms with Gasteiger partial charge in [0.05, 0.1) is 23.1 Å². The number of fused-ring (bicyclic) bond motifs is 1. The van der Waals surface area contributed by atoms with Gasteiger partial charge in [-0.2, -0.15) is 5.10 Å². The van der Waals surface area contributed by atoms with Crippen LogP contribution < -0.4 is 4.74 Å². The van der Waals surface area contributed by atoms with Crippen LogP contribution in [-0.2, 0) is 9.84 Å². The van der Waals surface area contributed by atoms with Gasteiger partial charge in [0.1, 0.15) is 4.90 Å². The van der Waals surface area contributed by atoms with Crippen LogP contribution in [0, 0.1) is 0 Å². The molecule has 104 valence electrons. The average molecular weight is 282 g/mol. The molecule has 0 spiro atoms. The number of rotatable bonds is 3. The summed E-state index contributed by atoms with van der Waals surface area (Å²) in [5.74, 6) is 0.341. The molecule has 0 atom stereocenters. The van der Waals surface area contributed by atoms with E-state index in [0.29, 0.717) is 12.4 Å². The Balaban J connectivity index is 2.73. The fourth-order valence-corrected chi connectivity index (χ4v) is 3.04. The van der Waals surface area contributed by atoms with Gasteiger partial charge in [0, 0.05) is 6.20 Å². The van der Waals surface area contributed by atoms with Crippen LogP contribution in [0.3, 0.4) is 0 Å². The molecular formula is C13H18N2O3S. The van der Waals surface area contributed by atoms with Gasteiger partial charge in [-0.1, -0.05) is 0 Å². The molecule has 2 aromatic heterocycles. The number of aromatic nitrogens is 2. The molecule has 0 amide bonds. The molecule has 2 rings (SSSR count). The molecule has 0 aliphatic carbocycles. The maximum absolute atomic E-state index is 12.6. The minimum atomic E-state index is -3.46. The maximum atomic E-state index is 12.6. The molecule has 0 radical (unpaired) electrons. The van der Waals surface area contributed by atoms with E-state index in [0.717, 1.165) is 5.52 Å². The first-order valence-corrected chi connectivity index (χ1v) is 7.60. The molecule has 0 saturated heterocycles. The summed E-state index contributed by atoms with van der Waals surface area (Å²) in [5.41, 5.74) is 0.728. The predicted molar refractivity (Wildman–Crippen MR) is 73.3 cm³/mol. The molecule has 0 saturated carbocycles. The van der Waals surface area contributed by atoms with Crippen molar-refractivity contribution >= 4 is 15.4 Å². The number of pyridine rings is 1. The Labute approximate surface area is 113 Å². The van der Waals surface area contributed by atoms with Crippen LogP contribution in [0.5, 0.6) is 5.75 Å². The van der Waals surface area contributed by atoms with E-state index in [1.807, 2.05) is 6.92 Å². The second-order valence-corrected chi connectivity index (χ2v) is 7.92. The molecule has 0 aliphatic heterocycles. The highest BCUT2D eigenvalue weighted by Crippen LogP contribution is 2.32. The van der Waals surface area contributed by atoms with Crippen LogP contribution in [0.15, 0.2) is 29.4 Å². The van der Waals surface area contributed by atoms with Crippen molar-refractivity contribution in [3.63, 3.8) is 0 Å². The van der Waals surface area contributed by atoms with Crippen molar-refractivity contribution < 1.29 is 13.2 Å². The van der Waals surface area contributed by atoms with E-state index < -0.39 is 14.6 Å². The Hall–Kier alpha value is -1.56. The third kappa shape index (κ3) is 2.32. The quantitative estimate of drug-likeness (QED) is 0.866. The van der Waals surface area contributed by atoms with E-state index in [4.69, 9.17) is 4.74 Å². The molecule has 0 N–H and O–H groups in total. The maximum Gasteiger partial charge on any atom is 0.187 e. The van der Waals surface area contributed by atoms with Gasteiger partial charge in [0.2, 0.25) is 0 Å². The average Bonchev–Trinajstić information content (AvgIpc) is 2.73.